The third-order valence-electron chi connectivity index (χ3n) is 12.2. The summed E-state index contributed by atoms with van der Waals surface area (Å²) in [6.07, 6.45) is 4.50. The van der Waals surface area contributed by atoms with E-state index in [-0.39, 0.29) is 41.7 Å². The van der Waals surface area contributed by atoms with Gasteiger partial charge in [0, 0.05) is 89.7 Å². The number of fused-ring (bicyclic) bond motifs is 2. The number of carbonyl (C=O) groups excluding carboxylic acids is 6. The summed E-state index contributed by atoms with van der Waals surface area (Å²) in [7, 11) is 1.83. The van der Waals surface area contributed by atoms with Crippen LogP contribution in [0.25, 0.3) is 0 Å². The standard InChI is InChI=1S/C40H45N11O6/c1-46-13-14-50(40(46)57)28-3-2-11-48(22-28)32-17-42-34(35(41)53)36(44-32)43-26-5-4-25-21-47(12-10-24(25)15-26)18-23-19-49(20-23)27-6-7-29-30(16-27)39(56)51(38(29)55)31-8-9-33(52)45-37(31)54/h4-7,15-17,23,28,31H,2-3,8-14,18-22H2,1H3,(H2,41,53)(H,43,44)(H,45,52,54)/t28-,31?/m0/s1. The van der Waals surface area contributed by atoms with E-state index in [1.165, 1.54) is 11.1 Å². The molecular weight excluding hydrogens is 731 g/mol. The first-order valence-corrected chi connectivity index (χ1v) is 19.7. The molecule has 2 aromatic carbocycles. The minimum absolute atomic E-state index is 0.0549. The van der Waals surface area contributed by atoms with Crippen molar-refractivity contribution < 1.29 is 28.8 Å². The van der Waals surface area contributed by atoms with Gasteiger partial charge in [-0.1, -0.05) is 6.07 Å². The van der Waals surface area contributed by atoms with Gasteiger partial charge in [0.15, 0.2) is 11.5 Å². The van der Waals surface area contributed by atoms with Crippen LogP contribution in [0.4, 0.5) is 27.8 Å². The molecule has 296 valence electrons. The number of anilines is 4. The van der Waals surface area contributed by atoms with Crippen molar-refractivity contribution in [1.29, 1.82) is 0 Å². The molecule has 6 aliphatic heterocycles. The number of rotatable bonds is 9. The maximum absolute atomic E-state index is 13.3. The van der Waals surface area contributed by atoms with E-state index < -0.39 is 35.6 Å². The molecule has 7 amide bonds. The van der Waals surface area contributed by atoms with E-state index in [0.717, 1.165) is 81.4 Å². The fourth-order valence-corrected chi connectivity index (χ4v) is 9.12. The van der Waals surface area contributed by atoms with Crippen LogP contribution in [0.15, 0.2) is 42.6 Å². The molecule has 17 nitrogen and oxygen atoms in total. The van der Waals surface area contributed by atoms with Gasteiger partial charge >= 0.3 is 6.03 Å². The Labute approximate surface area is 329 Å². The fraction of sp³-hybridized carbons (Fsp3) is 0.450. The number of likely N-dealkylation sites (N-methyl/N-ethyl adjacent to an activating group) is 1. The van der Waals surface area contributed by atoms with Crippen LogP contribution in [0.1, 0.15) is 68.0 Å². The molecule has 0 radical (unpaired) electrons. The second kappa shape index (κ2) is 14.4. The monoisotopic (exact) mass is 775 g/mol. The van der Waals surface area contributed by atoms with Gasteiger partial charge in [-0.3, -0.25) is 39.1 Å². The van der Waals surface area contributed by atoms with Crippen molar-refractivity contribution in [2.75, 3.05) is 74.5 Å². The van der Waals surface area contributed by atoms with Gasteiger partial charge in [0.05, 0.1) is 23.4 Å². The second-order valence-electron chi connectivity index (χ2n) is 16.0. The molecule has 57 heavy (non-hydrogen) atoms. The predicted molar refractivity (Wildman–Crippen MR) is 208 cm³/mol. The van der Waals surface area contributed by atoms with Gasteiger partial charge in [0.25, 0.3) is 17.7 Å². The van der Waals surface area contributed by atoms with Crippen molar-refractivity contribution in [2.45, 2.75) is 50.7 Å². The third-order valence-corrected chi connectivity index (χ3v) is 12.2. The van der Waals surface area contributed by atoms with Crippen LogP contribution in [0.3, 0.4) is 0 Å². The van der Waals surface area contributed by atoms with E-state index in [1.54, 1.807) is 23.2 Å². The summed E-state index contributed by atoms with van der Waals surface area (Å²) >= 11 is 0. The maximum Gasteiger partial charge on any atom is 0.320 e. The molecule has 0 spiro atoms. The number of urea groups is 1. The topological polar surface area (TPSA) is 198 Å². The molecule has 1 aromatic heterocycles. The normalized spacial score (nSPS) is 22.8. The smallest absolute Gasteiger partial charge is 0.320 e. The predicted octanol–water partition coefficient (Wildman–Crippen LogP) is 1.55. The summed E-state index contributed by atoms with van der Waals surface area (Å²) < 4.78 is 0. The Bertz CT molecular complexity index is 2210. The minimum Gasteiger partial charge on any atom is -0.371 e. The molecule has 0 aliphatic carbocycles. The molecule has 7 heterocycles. The molecule has 4 saturated heterocycles. The van der Waals surface area contributed by atoms with Gasteiger partial charge in [-0.25, -0.2) is 14.8 Å². The van der Waals surface area contributed by atoms with Crippen molar-refractivity contribution in [3.8, 4) is 0 Å². The van der Waals surface area contributed by atoms with Crippen LogP contribution in [0.5, 0.6) is 0 Å². The maximum atomic E-state index is 13.3. The number of piperidine rings is 2. The van der Waals surface area contributed by atoms with E-state index in [2.05, 4.69) is 42.5 Å². The number of primary amides is 1. The Morgan fingerprint density at radius 3 is 2.49 bits per heavy atom. The lowest BCUT2D eigenvalue weighted by atomic mass is 9.94. The average molecular weight is 776 g/mol. The van der Waals surface area contributed by atoms with Gasteiger partial charge in [-0.05, 0) is 67.1 Å². The summed E-state index contributed by atoms with van der Waals surface area (Å²) in [6, 6.07) is 10.6. The molecule has 9 rings (SSSR count). The summed E-state index contributed by atoms with van der Waals surface area (Å²) in [4.78, 5) is 96.2. The molecule has 4 N–H and O–H groups in total. The molecule has 2 atom stereocenters. The highest BCUT2D eigenvalue weighted by atomic mass is 16.2. The van der Waals surface area contributed by atoms with Crippen molar-refractivity contribution >= 4 is 58.6 Å². The number of aromatic nitrogens is 2. The lowest BCUT2D eigenvalue weighted by Gasteiger charge is -2.44. The van der Waals surface area contributed by atoms with Crippen LogP contribution < -0.4 is 26.2 Å². The Balaban J connectivity index is 0.807. The zero-order chi connectivity index (χ0) is 39.5. The highest BCUT2D eigenvalue weighted by Crippen LogP contribution is 2.34. The summed E-state index contributed by atoms with van der Waals surface area (Å²) in [6.45, 7) is 7.11. The van der Waals surface area contributed by atoms with Gasteiger partial charge in [-0.2, -0.15) is 0 Å². The second-order valence-corrected chi connectivity index (χ2v) is 16.0. The lowest BCUT2D eigenvalue weighted by Crippen LogP contribution is -2.54. The van der Waals surface area contributed by atoms with Crippen LogP contribution in [-0.4, -0.2) is 137 Å². The van der Waals surface area contributed by atoms with E-state index in [1.807, 2.05) is 24.1 Å². The molecule has 0 saturated carbocycles. The Kier molecular flexibility index (Phi) is 9.26. The molecule has 3 aromatic rings. The van der Waals surface area contributed by atoms with Crippen LogP contribution in [-0.2, 0) is 22.6 Å². The van der Waals surface area contributed by atoms with Crippen molar-refractivity contribution in [2.24, 2.45) is 11.7 Å². The van der Waals surface area contributed by atoms with Crippen LogP contribution >= 0.6 is 0 Å². The quantitative estimate of drug-likeness (QED) is 0.266. The first-order chi connectivity index (χ1) is 27.5. The third kappa shape index (κ3) is 6.79. The molecule has 0 bridgehead atoms. The Morgan fingerprint density at radius 1 is 0.895 bits per heavy atom. The number of imide groups is 2. The molecular formula is C40H45N11O6. The van der Waals surface area contributed by atoms with E-state index in [0.29, 0.717) is 30.6 Å². The highest BCUT2D eigenvalue weighted by Gasteiger charge is 2.45. The van der Waals surface area contributed by atoms with Gasteiger partial charge < -0.3 is 30.7 Å². The lowest BCUT2D eigenvalue weighted by molar-refractivity contribution is -0.136. The van der Waals surface area contributed by atoms with Crippen molar-refractivity contribution in [3.63, 3.8) is 0 Å². The first-order valence-electron chi connectivity index (χ1n) is 19.7. The number of nitrogens with two attached hydrogens (primary N) is 1. The number of hydrogen-bond acceptors (Lipinski definition) is 12. The SMILES string of the molecule is CN1CCN([C@H]2CCCN(c3cnc(C(N)=O)c(Nc4ccc5c(c4)CCN(CC4CN(c6ccc7c(c6)C(=O)N(C6CCC(=O)NC6=O)C7=O)C4)C5)n3)C2)C1=O. The zero-order valence-corrected chi connectivity index (χ0v) is 31.8. The van der Waals surface area contributed by atoms with Crippen LogP contribution in [0.2, 0.25) is 0 Å². The number of amides is 7. The number of nitrogens with one attached hydrogen (secondary N) is 2. The number of nitrogens with zero attached hydrogens (tertiary/aromatic N) is 8. The van der Waals surface area contributed by atoms with E-state index in [4.69, 9.17) is 10.7 Å². The minimum atomic E-state index is -0.985. The number of benzene rings is 2. The molecule has 1 unspecified atom stereocenters. The van der Waals surface area contributed by atoms with Gasteiger partial charge in [0.2, 0.25) is 11.8 Å². The number of hydrogen-bond donors (Lipinski definition) is 3. The Morgan fingerprint density at radius 2 is 1.72 bits per heavy atom. The number of carbonyl (C=O) groups is 6. The summed E-state index contributed by atoms with van der Waals surface area (Å²) in [5, 5.41) is 5.56. The van der Waals surface area contributed by atoms with E-state index >= 15 is 0 Å². The largest absolute Gasteiger partial charge is 0.371 e. The summed E-state index contributed by atoms with van der Waals surface area (Å²) in [5.74, 6) is -1.32. The molecule has 17 heteroatoms. The fourth-order valence-electron chi connectivity index (χ4n) is 9.12. The molecule has 6 aliphatic rings. The van der Waals surface area contributed by atoms with Crippen molar-refractivity contribution in [3.05, 3.63) is 70.5 Å². The first kappa shape index (κ1) is 36.5. The van der Waals surface area contributed by atoms with Gasteiger partial charge in [0.1, 0.15) is 11.9 Å². The molecule has 4 fully saturated rings. The van der Waals surface area contributed by atoms with Gasteiger partial charge in [-0.15, -0.1) is 0 Å². The van der Waals surface area contributed by atoms with Crippen LogP contribution in [0, 0.1) is 5.92 Å². The zero-order valence-electron chi connectivity index (χ0n) is 31.8. The Hall–Kier alpha value is -6.10. The average Bonchev–Trinajstić information content (AvgIpc) is 3.65. The van der Waals surface area contributed by atoms with Crippen molar-refractivity contribution in [1.82, 2.24) is 34.9 Å². The summed E-state index contributed by atoms with van der Waals surface area (Å²) in [5.41, 5.74) is 10.5. The highest BCUT2D eigenvalue weighted by molar-refractivity contribution is 6.23. The van der Waals surface area contributed by atoms with E-state index in [9.17, 15) is 28.8 Å².